The molecule has 1 saturated carbocycles. The van der Waals surface area contributed by atoms with Gasteiger partial charge in [0.25, 0.3) is 0 Å². The lowest BCUT2D eigenvalue weighted by atomic mass is 9.88. The van der Waals surface area contributed by atoms with Crippen molar-refractivity contribution in [2.75, 3.05) is 7.05 Å². The summed E-state index contributed by atoms with van der Waals surface area (Å²) in [5.41, 5.74) is 0.657. The molecule has 1 aromatic rings. The second kappa shape index (κ2) is 5.41. The maximum atomic E-state index is 12.4. The molecule has 2 rings (SSSR count). The van der Waals surface area contributed by atoms with Gasteiger partial charge in [-0.3, -0.25) is 0 Å². The fourth-order valence-corrected chi connectivity index (χ4v) is 3.02. The molecule has 1 fully saturated rings. The fourth-order valence-electron chi connectivity index (χ4n) is 3.02. The Morgan fingerprint density at radius 2 is 1.89 bits per heavy atom. The standard InChI is InChI=1S/C14H18F3NO/c1-9-10(7-8-12(9)18-2)11-5-3-4-6-13(11)19-14(15,16)17/h3-6,9-10,12,18H,7-8H2,1-2H3. The lowest BCUT2D eigenvalue weighted by Gasteiger charge is -2.23. The van der Waals surface area contributed by atoms with Crippen LogP contribution in [0.25, 0.3) is 0 Å². The highest BCUT2D eigenvalue weighted by molar-refractivity contribution is 5.37. The van der Waals surface area contributed by atoms with Crippen LogP contribution >= 0.6 is 0 Å². The van der Waals surface area contributed by atoms with E-state index in [4.69, 9.17) is 0 Å². The number of hydrogen-bond donors (Lipinski definition) is 1. The fraction of sp³-hybridized carbons (Fsp3) is 0.571. The smallest absolute Gasteiger partial charge is 0.405 e. The van der Waals surface area contributed by atoms with Crippen molar-refractivity contribution in [2.45, 2.75) is 38.1 Å². The Kier molecular flexibility index (Phi) is 4.04. The highest BCUT2D eigenvalue weighted by Crippen LogP contribution is 2.43. The second-order valence-corrected chi connectivity index (χ2v) is 5.02. The zero-order chi connectivity index (χ0) is 14.0. The summed E-state index contributed by atoms with van der Waals surface area (Å²) in [4.78, 5) is 0. The lowest BCUT2D eigenvalue weighted by molar-refractivity contribution is -0.275. The molecule has 0 saturated heterocycles. The van der Waals surface area contributed by atoms with Crippen LogP contribution in [0.5, 0.6) is 5.75 Å². The first kappa shape index (κ1) is 14.2. The van der Waals surface area contributed by atoms with Crippen LogP contribution in [0, 0.1) is 5.92 Å². The lowest BCUT2D eigenvalue weighted by Crippen LogP contribution is -2.29. The second-order valence-electron chi connectivity index (χ2n) is 5.02. The number of hydrogen-bond acceptors (Lipinski definition) is 2. The average Bonchev–Trinajstić information content (AvgIpc) is 2.69. The van der Waals surface area contributed by atoms with Crippen LogP contribution in [-0.4, -0.2) is 19.5 Å². The monoisotopic (exact) mass is 273 g/mol. The van der Waals surface area contributed by atoms with E-state index < -0.39 is 6.36 Å². The topological polar surface area (TPSA) is 21.3 Å². The normalized spacial score (nSPS) is 27.5. The summed E-state index contributed by atoms with van der Waals surface area (Å²) in [5, 5.41) is 3.22. The molecule has 1 aromatic carbocycles. The molecule has 0 radical (unpaired) electrons. The number of benzene rings is 1. The molecule has 0 spiro atoms. The summed E-state index contributed by atoms with van der Waals surface area (Å²) in [7, 11) is 1.89. The van der Waals surface area contributed by atoms with Gasteiger partial charge in [-0.1, -0.05) is 25.1 Å². The molecule has 5 heteroatoms. The number of alkyl halides is 3. The van der Waals surface area contributed by atoms with Gasteiger partial charge >= 0.3 is 6.36 Å². The third-order valence-electron chi connectivity index (χ3n) is 3.97. The van der Waals surface area contributed by atoms with Crippen LogP contribution in [0.3, 0.4) is 0 Å². The Balaban J connectivity index is 2.25. The molecular weight excluding hydrogens is 255 g/mol. The SMILES string of the molecule is CNC1CCC(c2ccccc2OC(F)(F)F)C1C. The zero-order valence-electron chi connectivity index (χ0n) is 11.0. The van der Waals surface area contributed by atoms with Crippen molar-refractivity contribution >= 4 is 0 Å². The highest BCUT2D eigenvalue weighted by atomic mass is 19.4. The molecular formula is C14H18F3NO. The van der Waals surface area contributed by atoms with Gasteiger partial charge in [0.15, 0.2) is 0 Å². The van der Waals surface area contributed by atoms with Crippen molar-refractivity contribution in [1.29, 1.82) is 0 Å². The van der Waals surface area contributed by atoms with Crippen molar-refractivity contribution in [2.24, 2.45) is 5.92 Å². The molecule has 0 aromatic heterocycles. The molecule has 0 amide bonds. The average molecular weight is 273 g/mol. The third kappa shape index (κ3) is 3.21. The Bertz CT molecular complexity index is 433. The molecule has 3 unspecified atom stereocenters. The maximum Gasteiger partial charge on any atom is 0.573 e. The Morgan fingerprint density at radius 1 is 1.21 bits per heavy atom. The van der Waals surface area contributed by atoms with Crippen LogP contribution in [0.2, 0.25) is 0 Å². The molecule has 1 N–H and O–H groups in total. The van der Waals surface area contributed by atoms with E-state index in [0.717, 1.165) is 12.8 Å². The minimum atomic E-state index is -4.64. The van der Waals surface area contributed by atoms with Gasteiger partial charge in [0.05, 0.1) is 0 Å². The molecule has 0 heterocycles. The summed E-state index contributed by atoms with van der Waals surface area (Å²) in [5.74, 6) is 0.336. The largest absolute Gasteiger partial charge is 0.573 e. The molecule has 0 bridgehead atoms. The van der Waals surface area contributed by atoms with Gasteiger partial charge in [0, 0.05) is 6.04 Å². The Hall–Kier alpha value is -1.23. The van der Waals surface area contributed by atoms with Gasteiger partial charge < -0.3 is 10.1 Å². The first-order valence-corrected chi connectivity index (χ1v) is 6.44. The van der Waals surface area contributed by atoms with Gasteiger partial charge in [-0.2, -0.15) is 0 Å². The predicted octanol–water partition coefficient (Wildman–Crippen LogP) is 3.69. The molecule has 1 aliphatic rings. The van der Waals surface area contributed by atoms with Gasteiger partial charge in [0.1, 0.15) is 5.75 Å². The summed E-state index contributed by atoms with van der Waals surface area (Å²) in [6.45, 7) is 2.07. The minimum absolute atomic E-state index is 0.0661. The molecule has 2 nitrogen and oxygen atoms in total. The van der Waals surface area contributed by atoms with Crippen molar-refractivity contribution in [1.82, 2.24) is 5.32 Å². The first-order valence-electron chi connectivity index (χ1n) is 6.44. The summed E-state index contributed by atoms with van der Waals surface area (Å²) in [6.07, 6.45) is -2.78. The van der Waals surface area contributed by atoms with Crippen molar-refractivity contribution < 1.29 is 17.9 Å². The quantitative estimate of drug-likeness (QED) is 0.907. The zero-order valence-corrected chi connectivity index (χ0v) is 11.0. The molecule has 0 aliphatic heterocycles. The van der Waals surface area contributed by atoms with E-state index in [2.05, 4.69) is 17.0 Å². The summed E-state index contributed by atoms with van der Waals surface area (Å²) < 4.78 is 41.4. The van der Waals surface area contributed by atoms with Crippen LogP contribution < -0.4 is 10.1 Å². The van der Waals surface area contributed by atoms with E-state index in [-0.39, 0.29) is 11.7 Å². The maximum absolute atomic E-state index is 12.4. The Labute approximate surface area is 111 Å². The van der Waals surface area contributed by atoms with Gasteiger partial charge in [0.2, 0.25) is 0 Å². The molecule has 19 heavy (non-hydrogen) atoms. The predicted molar refractivity (Wildman–Crippen MR) is 67.1 cm³/mol. The van der Waals surface area contributed by atoms with E-state index in [1.165, 1.54) is 6.07 Å². The summed E-state index contributed by atoms with van der Waals surface area (Å²) in [6, 6.07) is 6.81. The van der Waals surface area contributed by atoms with Gasteiger partial charge in [-0.15, -0.1) is 13.2 Å². The van der Waals surface area contributed by atoms with Crippen LogP contribution in [0.1, 0.15) is 31.2 Å². The van der Waals surface area contributed by atoms with E-state index in [0.29, 0.717) is 17.5 Å². The number of nitrogens with one attached hydrogen (secondary N) is 1. The van der Waals surface area contributed by atoms with Crippen molar-refractivity contribution in [3.8, 4) is 5.75 Å². The third-order valence-corrected chi connectivity index (χ3v) is 3.97. The minimum Gasteiger partial charge on any atom is -0.405 e. The van der Waals surface area contributed by atoms with Crippen molar-refractivity contribution in [3.05, 3.63) is 29.8 Å². The number of para-hydroxylation sites is 1. The van der Waals surface area contributed by atoms with Crippen LogP contribution in [-0.2, 0) is 0 Å². The van der Waals surface area contributed by atoms with Crippen LogP contribution in [0.4, 0.5) is 13.2 Å². The number of rotatable bonds is 3. The van der Waals surface area contributed by atoms with E-state index in [1.54, 1.807) is 18.2 Å². The Morgan fingerprint density at radius 3 is 2.47 bits per heavy atom. The van der Waals surface area contributed by atoms with Gasteiger partial charge in [-0.05, 0) is 43.4 Å². The number of halogens is 3. The molecule has 1 aliphatic carbocycles. The van der Waals surface area contributed by atoms with Crippen molar-refractivity contribution in [3.63, 3.8) is 0 Å². The summed E-state index contributed by atoms with van der Waals surface area (Å²) >= 11 is 0. The van der Waals surface area contributed by atoms with E-state index >= 15 is 0 Å². The van der Waals surface area contributed by atoms with Crippen LogP contribution in [0.15, 0.2) is 24.3 Å². The molecule has 106 valence electrons. The highest BCUT2D eigenvalue weighted by Gasteiger charge is 2.37. The first-order chi connectivity index (χ1) is 8.92. The van der Waals surface area contributed by atoms with E-state index in [9.17, 15) is 13.2 Å². The van der Waals surface area contributed by atoms with E-state index in [1.807, 2.05) is 7.05 Å². The number of ether oxygens (including phenoxy) is 1. The van der Waals surface area contributed by atoms with Gasteiger partial charge in [-0.25, -0.2) is 0 Å². The molecule has 3 atom stereocenters.